The van der Waals surface area contributed by atoms with Gasteiger partial charge in [-0.3, -0.25) is 9.59 Å². The number of amides is 2. The monoisotopic (exact) mass is 260 g/mol. The van der Waals surface area contributed by atoms with E-state index in [0.717, 1.165) is 11.0 Å². The minimum atomic E-state index is -0.192. The van der Waals surface area contributed by atoms with Crippen LogP contribution in [-0.4, -0.2) is 47.3 Å². The Labute approximate surface area is 110 Å². The molecule has 0 aliphatic carbocycles. The Morgan fingerprint density at radius 2 is 2.16 bits per heavy atom. The predicted octanol–water partition coefficient (Wildman–Crippen LogP) is 0.771. The Morgan fingerprint density at radius 1 is 1.37 bits per heavy atom. The number of hydrogen-bond acceptors (Lipinski definition) is 3. The minimum Gasteiger partial charge on any atom is -0.352 e. The number of rotatable bonds is 4. The summed E-state index contributed by atoms with van der Waals surface area (Å²) in [6.45, 7) is 0.330. The van der Waals surface area contributed by atoms with Crippen molar-refractivity contribution in [1.82, 2.24) is 20.2 Å². The molecule has 2 aromatic rings. The Kier molecular flexibility index (Phi) is 3.79. The highest BCUT2D eigenvalue weighted by Crippen LogP contribution is 2.11. The van der Waals surface area contributed by atoms with Crippen LogP contribution in [0.15, 0.2) is 24.5 Å². The molecule has 1 aromatic carbocycles. The number of nitrogens with one attached hydrogen (secondary N) is 2. The first-order chi connectivity index (χ1) is 9.08. The normalized spacial score (nSPS) is 10.4. The van der Waals surface area contributed by atoms with Crippen molar-refractivity contribution in [3.05, 3.63) is 30.1 Å². The summed E-state index contributed by atoms with van der Waals surface area (Å²) in [4.78, 5) is 31.8. The van der Waals surface area contributed by atoms with E-state index in [2.05, 4.69) is 15.3 Å². The van der Waals surface area contributed by atoms with Crippen molar-refractivity contribution in [1.29, 1.82) is 0 Å². The molecule has 2 rings (SSSR count). The SMILES string of the molecule is CN(C)C(=O)CCNC(=O)c1ccc2nc[nH]c2c1. The van der Waals surface area contributed by atoms with E-state index in [0.29, 0.717) is 18.5 Å². The third-order valence-electron chi connectivity index (χ3n) is 2.81. The van der Waals surface area contributed by atoms with Crippen molar-refractivity contribution in [3.63, 3.8) is 0 Å². The van der Waals surface area contributed by atoms with Gasteiger partial charge in [0.1, 0.15) is 0 Å². The molecule has 0 saturated carbocycles. The van der Waals surface area contributed by atoms with Gasteiger partial charge in [-0.05, 0) is 18.2 Å². The smallest absolute Gasteiger partial charge is 0.251 e. The quantitative estimate of drug-likeness (QED) is 0.852. The largest absolute Gasteiger partial charge is 0.352 e. The summed E-state index contributed by atoms with van der Waals surface area (Å²) in [5, 5.41) is 2.72. The van der Waals surface area contributed by atoms with Crippen LogP contribution in [0.25, 0.3) is 11.0 Å². The van der Waals surface area contributed by atoms with E-state index in [1.165, 1.54) is 4.90 Å². The van der Waals surface area contributed by atoms with Gasteiger partial charge in [-0.2, -0.15) is 0 Å². The average Bonchev–Trinajstić information content (AvgIpc) is 2.85. The first-order valence-corrected chi connectivity index (χ1v) is 5.99. The van der Waals surface area contributed by atoms with E-state index in [1.54, 1.807) is 38.6 Å². The molecule has 0 unspecified atom stereocenters. The molecule has 0 bridgehead atoms. The fourth-order valence-electron chi connectivity index (χ4n) is 1.69. The highest BCUT2D eigenvalue weighted by molar-refractivity contribution is 5.97. The molecule has 0 spiro atoms. The zero-order valence-electron chi connectivity index (χ0n) is 10.9. The molecule has 0 fully saturated rings. The maximum Gasteiger partial charge on any atom is 0.251 e. The second-order valence-corrected chi connectivity index (χ2v) is 4.43. The number of fused-ring (bicyclic) bond motifs is 1. The van der Waals surface area contributed by atoms with Crippen molar-refractivity contribution < 1.29 is 9.59 Å². The molecular weight excluding hydrogens is 244 g/mol. The number of benzene rings is 1. The molecular formula is C13H16N4O2. The second kappa shape index (κ2) is 5.51. The van der Waals surface area contributed by atoms with Crippen molar-refractivity contribution in [3.8, 4) is 0 Å². The zero-order valence-corrected chi connectivity index (χ0v) is 10.9. The van der Waals surface area contributed by atoms with Crippen LogP contribution in [0.4, 0.5) is 0 Å². The summed E-state index contributed by atoms with van der Waals surface area (Å²) in [7, 11) is 3.38. The van der Waals surface area contributed by atoms with E-state index in [1.807, 2.05) is 0 Å². The van der Waals surface area contributed by atoms with Gasteiger partial charge in [-0.1, -0.05) is 0 Å². The summed E-state index contributed by atoms with van der Waals surface area (Å²) in [5.41, 5.74) is 2.19. The Balaban J connectivity index is 1.94. The summed E-state index contributed by atoms with van der Waals surface area (Å²) in [6.07, 6.45) is 1.88. The van der Waals surface area contributed by atoms with Crippen LogP contribution in [0.1, 0.15) is 16.8 Å². The summed E-state index contributed by atoms with van der Waals surface area (Å²) >= 11 is 0. The molecule has 19 heavy (non-hydrogen) atoms. The molecule has 0 aliphatic heterocycles. The zero-order chi connectivity index (χ0) is 13.8. The van der Waals surface area contributed by atoms with Crippen molar-refractivity contribution in [2.24, 2.45) is 0 Å². The topological polar surface area (TPSA) is 78.1 Å². The van der Waals surface area contributed by atoms with Gasteiger partial charge in [-0.25, -0.2) is 4.98 Å². The van der Waals surface area contributed by atoms with Gasteiger partial charge in [0.2, 0.25) is 5.91 Å². The first-order valence-electron chi connectivity index (χ1n) is 5.99. The maximum atomic E-state index is 11.9. The predicted molar refractivity (Wildman–Crippen MR) is 71.7 cm³/mol. The lowest BCUT2D eigenvalue weighted by Gasteiger charge is -2.10. The van der Waals surface area contributed by atoms with Crippen LogP contribution in [0.5, 0.6) is 0 Å². The third kappa shape index (κ3) is 3.09. The van der Waals surface area contributed by atoms with E-state index >= 15 is 0 Å². The van der Waals surface area contributed by atoms with Crippen molar-refractivity contribution in [2.45, 2.75) is 6.42 Å². The molecule has 2 N–H and O–H groups in total. The van der Waals surface area contributed by atoms with Gasteiger partial charge in [0.25, 0.3) is 5.91 Å². The van der Waals surface area contributed by atoms with Gasteiger partial charge in [0, 0.05) is 32.6 Å². The van der Waals surface area contributed by atoms with E-state index in [4.69, 9.17) is 0 Å². The Hall–Kier alpha value is -2.37. The van der Waals surface area contributed by atoms with Crippen molar-refractivity contribution in [2.75, 3.05) is 20.6 Å². The highest BCUT2D eigenvalue weighted by Gasteiger charge is 2.08. The number of aromatic amines is 1. The number of nitrogens with zero attached hydrogens (tertiary/aromatic N) is 2. The molecule has 1 aromatic heterocycles. The Morgan fingerprint density at radius 3 is 2.89 bits per heavy atom. The lowest BCUT2D eigenvalue weighted by molar-refractivity contribution is -0.128. The lowest BCUT2D eigenvalue weighted by Crippen LogP contribution is -2.30. The van der Waals surface area contributed by atoms with Crippen LogP contribution in [0, 0.1) is 0 Å². The highest BCUT2D eigenvalue weighted by atomic mass is 16.2. The number of hydrogen-bond donors (Lipinski definition) is 2. The number of imidazole rings is 1. The Bertz CT molecular complexity index is 603. The molecule has 0 atom stereocenters. The van der Waals surface area contributed by atoms with Crippen molar-refractivity contribution >= 4 is 22.8 Å². The third-order valence-corrected chi connectivity index (χ3v) is 2.81. The van der Waals surface area contributed by atoms with Gasteiger partial charge < -0.3 is 15.2 Å². The standard InChI is InChI=1S/C13H16N4O2/c1-17(2)12(18)5-6-14-13(19)9-3-4-10-11(7-9)16-8-15-10/h3-4,7-8H,5-6H2,1-2H3,(H,14,19)(H,15,16). The number of carbonyl (C=O) groups excluding carboxylic acids is 2. The fourth-order valence-corrected chi connectivity index (χ4v) is 1.69. The van der Waals surface area contributed by atoms with Crippen LogP contribution in [-0.2, 0) is 4.79 Å². The number of aromatic nitrogens is 2. The van der Waals surface area contributed by atoms with Crippen LogP contribution in [0.3, 0.4) is 0 Å². The van der Waals surface area contributed by atoms with Gasteiger partial charge >= 0.3 is 0 Å². The first kappa shape index (κ1) is 13.1. The van der Waals surface area contributed by atoms with Crippen LogP contribution >= 0.6 is 0 Å². The minimum absolute atomic E-state index is 0.00989. The molecule has 0 aliphatic rings. The molecule has 0 radical (unpaired) electrons. The van der Waals surface area contributed by atoms with Gasteiger partial charge in [-0.15, -0.1) is 0 Å². The maximum absolute atomic E-state index is 11.9. The number of carbonyl (C=O) groups is 2. The average molecular weight is 260 g/mol. The molecule has 6 nitrogen and oxygen atoms in total. The van der Waals surface area contributed by atoms with Crippen LogP contribution < -0.4 is 5.32 Å². The summed E-state index contributed by atoms with van der Waals surface area (Å²) in [6, 6.07) is 5.24. The molecule has 1 heterocycles. The van der Waals surface area contributed by atoms with Crippen LogP contribution in [0.2, 0.25) is 0 Å². The van der Waals surface area contributed by atoms with E-state index in [9.17, 15) is 9.59 Å². The molecule has 0 saturated heterocycles. The lowest BCUT2D eigenvalue weighted by atomic mass is 10.2. The second-order valence-electron chi connectivity index (χ2n) is 4.43. The molecule has 2 amide bonds. The summed E-state index contributed by atoms with van der Waals surface area (Å²) < 4.78 is 0. The van der Waals surface area contributed by atoms with Gasteiger partial charge in [0.15, 0.2) is 0 Å². The molecule has 100 valence electrons. The summed E-state index contributed by atoms with van der Waals surface area (Å²) in [5.74, 6) is -0.202. The van der Waals surface area contributed by atoms with E-state index in [-0.39, 0.29) is 11.8 Å². The van der Waals surface area contributed by atoms with E-state index < -0.39 is 0 Å². The van der Waals surface area contributed by atoms with Gasteiger partial charge in [0.05, 0.1) is 17.4 Å². The number of H-pyrrole nitrogens is 1. The fraction of sp³-hybridized carbons (Fsp3) is 0.308. The molecule has 6 heteroatoms.